The van der Waals surface area contributed by atoms with E-state index in [4.69, 9.17) is 5.73 Å². The van der Waals surface area contributed by atoms with Crippen LogP contribution >= 0.6 is 12.4 Å². The van der Waals surface area contributed by atoms with Crippen molar-refractivity contribution in [3.8, 4) is 0 Å². The number of hydrogen-bond acceptors (Lipinski definition) is 1. The molecule has 0 atom stereocenters. The zero-order valence-corrected chi connectivity index (χ0v) is 8.36. The first-order valence-corrected chi connectivity index (χ1v) is 4.31. The molecule has 0 unspecified atom stereocenters. The molecule has 14 heavy (non-hydrogen) atoms. The van der Waals surface area contributed by atoms with Crippen LogP contribution in [-0.4, -0.2) is 6.04 Å². The zero-order chi connectivity index (χ0) is 9.47. The number of alkyl halides is 1. The van der Waals surface area contributed by atoms with Gasteiger partial charge in [-0.15, -0.1) is 12.4 Å². The SMILES string of the molecule is Cl.NC1CC(F)(c2ccc(F)cc2)C1. The fraction of sp³-hybridized carbons (Fsp3) is 0.400. The van der Waals surface area contributed by atoms with E-state index < -0.39 is 5.67 Å². The highest BCUT2D eigenvalue weighted by molar-refractivity contribution is 5.85. The van der Waals surface area contributed by atoms with E-state index in [0.717, 1.165) is 0 Å². The predicted molar refractivity (Wildman–Crippen MR) is 53.6 cm³/mol. The van der Waals surface area contributed by atoms with Crippen LogP contribution in [0, 0.1) is 5.82 Å². The first-order chi connectivity index (χ1) is 6.10. The molecule has 0 amide bonds. The third-order valence-corrected chi connectivity index (χ3v) is 2.53. The summed E-state index contributed by atoms with van der Waals surface area (Å²) in [5.74, 6) is -0.337. The average molecular weight is 220 g/mol. The van der Waals surface area contributed by atoms with Crippen LogP contribution < -0.4 is 5.73 Å². The molecule has 2 rings (SSSR count). The molecule has 0 spiro atoms. The van der Waals surface area contributed by atoms with Crippen molar-refractivity contribution in [3.05, 3.63) is 35.6 Å². The van der Waals surface area contributed by atoms with E-state index in [1.807, 2.05) is 0 Å². The number of nitrogens with two attached hydrogens (primary N) is 1. The lowest BCUT2D eigenvalue weighted by molar-refractivity contribution is 0.0405. The van der Waals surface area contributed by atoms with E-state index in [1.165, 1.54) is 24.3 Å². The molecule has 4 heteroatoms. The lowest BCUT2D eigenvalue weighted by Crippen LogP contribution is -2.46. The van der Waals surface area contributed by atoms with Gasteiger partial charge in [-0.25, -0.2) is 8.78 Å². The topological polar surface area (TPSA) is 26.0 Å². The molecule has 0 saturated heterocycles. The first kappa shape index (κ1) is 11.4. The van der Waals surface area contributed by atoms with Crippen molar-refractivity contribution in [2.45, 2.75) is 24.6 Å². The normalized spacial score (nSPS) is 30.4. The van der Waals surface area contributed by atoms with Gasteiger partial charge in [-0.2, -0.15) is 0 Å². The summed E-state index contributed by atoms with van der Waals surface area (Å²) in [5, 5.41) is 0. The lowest BCUT2D eigenvalue weighted by atomic mass is 9.73. The quantitative estimate of drug-likeness (QED) is 0.772. The Kier molecular flexibility index (Phi) is 3.12. The molecule has 0 aliphatic heterocycles. The summed E-state index contributed by atoms with van der Waals surface area (Å²) in [4.78, 5) is 0. The van der Waals surface area contributed by atoms with Gasteiger partial charge in [-0.1, -0.05) is 12.1 Å². The maximum atomic E-state index is 13.8. The monoisotopic (exact) mass is 219 g/mol. The van der Waals surface area contributed by atoms with Crippen molar-refractivity contribution in [3.63, 3.8) is 0 Å². The van der Waals surface area contributed by atoms with Crippen molar-refractivity contribution < 1.29 is 8.78 Å². The predicted octanol–water partition coefficient (Wildman–Crippen LogP) is 2.53. The van der Waals surface area contributed by atoms with Crippen LogP contribution in [0.1, 0.15) is 18.4 Å². The summed E-state index contributed by atoms with van der Waals surface area (Å²) in [6.07, 6.45) is 0.692. The summed E-state index contributed by atoms with van der Waals surface area (Å²) in [6.45, 7) is 0. The molecule has 1 saturated carbocycles. The van der Waals surface area contributed by atoms with Gasteiger partial charge in [0, 0.05) is 18.9 Å². The molecule has 0 bridgehead atoms. The van der Waals surface area contributed by atoms with Crippen LogP contribution in [0.2, 0.25) is 0 Å². The van der Waals surface area contributed by atoms with Gasteiger partial charge in [0.2, 0.25) is 0 Å². The fourth-order valence-corrected chi connectivity index (χ4v) is 1.76. The highest BCUT2D eigenvalue weighted by Crippen LogP contribution is 2.44. The molecule has 1 nitrogen and oxygen atoms in total. The maximum absolute atomic E-state index is 13.8. The summed E-state index contributed by atoms with van der Waals surface area (Å²) in [6, 6.07) is 5.48. The summed E-state index contributed by atoms with van der Waals surface area (Å²) < 4.78 is 26.3. The number of benzene rings is 1. The van der Waals surface area contributed by atoms with Gasteiger partial charge in [-0.3, -0.25) is 0 Å². The van der Waals surface area contributed by atoms with Gasteiger partial charge >= 0.3 is 0 Å². The molecule has 0 aromatic heterocycles. The van der Waals surface area contributed by atoms with Crippen LogP contribution in [0.5, 0.6) is 0 Å². The van der Waals surface area contributed by atoms with Gasteiger partial charge in [0.1, 0.15) is 11.5 Å². The van der Waals surface area contributed by atoms with Gasteiger partial charge < -0.3 is 5.73 Å². The largest absolute Gasteiger partial charge is 0.327 e. The lowest BCUT2D eigenvalue weighted by Gasteiger charge is -2.39. The summed E-state index contributed by atoms with van der Waals surface area (Å²) >= 11 is 0. The maximum Gasteiger partial charge on any atom is 0.139 e. The molecule has 1 aromatic carbocycles. The summed E-state index contributed by atoms with van der Waals surface area (Å²) in [7, 11) is 0. The third kappa shape index (κ3) is 1.88. The Labute approximate surface area is 87.7 Å². The number of hydrogen-bond donors (Lipinski definition) is 1. The first-order valence-electron chi connectivity index (χ1n) is 4.31. The van der Waals surface area contributed by atoms with E-state index in [-0.39, 0.29) is 24.3 Å². The number of rotatable bonds is 1. The zero-order valence-electron chi connectivity index (χ0n) is 7.54. The van der Waals surface area contributed by atoms with Crippen molar-refractivity contribution in [2.75, 3.05) is 0 Å². The third-order valence-electron chi connectivity index (χ3n) is 2.53. The second-order valence-electron chi connectivity index (χ2n) is 3.64. The van der Waals surface area contributed by atoms with Crippen LogP contribution in [-0.2, 0) is 5.67 Å². The van der Waals surface area contributed by atoms with Crippen molar-refractivity contribution in [2.24, 2.45) is 5.73 Å². The van der Waals surface area contributed by atoms with Gasteiger partial charge in [-0.05, 0) is 17.7 Å². The van der Waals surface area contributed by atoms with Crippen LogP contribution in [0.3, 0.4) is 0 Å². The minimum Gasteiger partial charge on any atom is -0.327 e. The van der Waals surface area contributed by atoms with Crippen LogP contribution in [0.15, 0.2) is 24.3 Å². The molecule has 78 valence electrons. The van der Waals surface area contributed by atoms with Gasteiger partial charge in [0.15, 0.2) is 0 Å². The summed E-state index contributed by atoms with van der Waals surface area (Å²) in [5.41, 5.74) is 4.73. The Morgan fingerprint density at radius 3 is 2.14 bits per heavy atom. The average Bonchev–Trinajstić information content (AvgIpc) is 2.03. The van der Waals surface area contributed by atoms with Crippen LogP contribution in [0.25, 0.3) is 0 Å². The molecule has 0 heterocycles. The highest BCUT2D eigenvalue weighted by atomic mass is 35.5. The molecule has 1 aliphatic carbocycles. The van der Waals surface area contributed by atoms with Crippen molar-refractivity contribution in [1.29, 1.82) is 0 Å². The Morgan fingerprint density at radius 1 is 1.21 bits per heavy atom. The second-order valence-corrected chi connectivity index (χ2v) is 3.64. The molecule has 1 aromatic rings. The van der Waals surface area contributed by atoms with Gasteiger partial charge in [0.05, 0.1) is 0 Å². The van der Waals surface area contributed by atoms with Crippen LogP contribution in [0.4, 0.5) is 8.78 Å². The van der Waals surface area contributed by atoms with E-state index in [0.29, 0.717) is 18.4 Å². The highest BCUT2D eigenvalue weighted by Gasteiger charge is 2.44. The van der Waals surface area contributed by atoms with E-state index in [9.17, 15) is 8.78 Å². The number of halogens is 3. The Hall–Kier alpha value is -0.670. The van der Waals surface area contributed by atoms with E-state index in [1.54, 1.807) is 0 Å². The molecular weight excluding hydrogens is 208 g/mol. The van der Waals surface area contributed by atoms with E-state index >= 15 is 0 Å². The van der Waals surface area contributed by atoms with E-state index in [2.05, 4.69) is 0 Å². The molecule has 1 fully saturated rings. The fourth-order valence-electron chi connectivity index (χ4n) is 1.76. The Balaban J connectivity index is 0.000000980. The van der Waals surface area contributed by atoms with Crippen molar-refractivity contribution >= 4 is 12.4 Å². The smallest absolute Gasteiger partial charge is 0.139 e. The minimum absolute atomic E-state index is 0. The Morgan fingerprint density at radius 2 is 1.71 bits per heavy atom. The van der Waals surface area contributed by atoms with Crippen molar-refractivity contribution in [1.82, 2.24) is 0 Å². The van der Waals surface area contributed by atoms with Gasteiger partial charge in [0.25, 0.3) is 0 Å². The Bertz CT molecular complexity index is 306. The standard InChI is InChI=1S/C10H11F2N.ClH/c11-8-3-1-7(2-4-8)10(12)5-9(13)6-10;/h1-4,9H,5-6,13H2;1H. The molecule has 1 aliphatic rings. The molecule has 0 radical (unpaired) electrons. The molecule has 2 N–H and O–H groups in total. The second kappa shape index (κ2) is 3.83. The minimum atomic E-state index is -1.31. The molecular formula is C10H12ClF2N.